The van der Waals surface area contributed by atoms with Crippen LogP contribution in [0, 0.1) is 20.2 Å². The van der Waals surface area contributed by atoms with E-state index < -0.39 is 9.85 Å². The number of hydrogen-bond donors (Lipinski definition) is 1. The number of rotatable bonds is 6. The van der Waals surface area contributed by atoms with E-state index in [0.717, 1.165) is 24.6 Å². The van der Waals surface area contributed by atoms with Crippen LogP contribution in [0.4, 0.5) is 17.1 Å². The van der Waals surface area contributed by atoms with Gasteiger partial charge < -0.3 is 10.0 Å². The molecule has 10 nitrogen and oxygen atoms in total. The van der Waals surface area contributed by atoms with Gasteiger partial charge in [0.2, 0.25) is 0 Å². The van der Waals surface area contributed by atoms with Crippen LogP contribution in [0.15, 0.2) is 30.5 Å². The number of nitro groups is 2. The van der Waals surface area contributed by atoms with E-state index in [1.54, 1.807) is 10.9 Å². The summed E-state index contributed by atoms with van der Waals surface area (Å²) < 4.78 is 1.79. The normalized spacial score (nSPS) is 15.2. The Hall–Kier alpha value is -3.01. The largest absolute Gasteiger partial charge is 0.394 e. The first kappa shape index (κ1) is 17.8. The minimum atomic E-state index is -0.634. The standard InChI is InChI=1S/C16H19N5O5/c22-10-9-19-14(3-6-17-19)12-4-7-18(8-5-12)15-2-1-13(20(23)24)11-16(15)21(25)26/h1-3,6,11-12,22H,4-5,7-10H2. The van der Waals surface area contributed by atoms with Crippen molar-refractivity contribution >= 4 is 17.1 Å². The van der Waals surface area contributed by atoms with Crippen molar-refractivity contribution in [2.24, 2.45) is 0 Å². The van der Waals surface area contributed by atoms with E-state index in [9.17, 15) is 20.2 Å². The lowest BCUT2D eigenvalue weighted by molar-refractivity contribution is -0.393. The van der Waals surface area contributed by atoms with Gasteiger partial charge in [0.15, 0.2) is 0 Å². The van der Waals surface area contributed by atoms with E-state index in [1.807, 2.05) is 11.0 Å². The average Bonchev–Trinajstić information content (AvgIpc) is 3.10. The first-order valence-electron chi connectivity index (χ1n) is 8.31. The summed E-state index contributed by atoms with van der Waals surface area (Å²) in [6, 6.07) is 5.69. The number of aliphatic hydroxyl groups excluding tert-OH is 1. The third-order valence-electron chi connectivity index (χ3n) is 4.68. The summed E-state index contributed by atoms with van der Waals surface area (Å²) in [5.74, 6) is 0.261. The molecule has 2 heterocycles. The number of hydrogen-bond acceptors (Lipinski definition) is 7. The molecule has 1 fully saturated rings. The van der Waals surface area contributed by atoms with E-state index in [-0.39, 0.29) is 23.9 Å². The number of anilines is 1. The minimum absolute atomic E-state index is 0.0164. The predicted molar refractivity (Wildman–Crippen MR) is 93.3 cm³/mol. The Morgan fingerprint density at radius 2 is 1.88 bits per heavy atom. The lowest BCUT2D eigenvalue weighted by Crippen LogP contribution is -2.34. The highest BCUT2D eigenvalue weighted by Gasteiger charge is 2.28. The van der Waals surface area contributed by atoms with Crippen LogP contribution in [-0.4, -0.2) is 44.4 Å². The molecule has 0 atom stereocenters. The lowest BCUT2D eigenvalue weighted by atomic mass is 9.93. The molecule has 0 spiro atoms. The Labute approximate surface area is 149 Å². The fourth-order valence-corrected chi connectivity index (χ4v) is 3.43. The molecule has 0 bridgehead atoms. The molecule has 0 unspecified atom stereocenters. The van der Waals surface area contributed by atoms with Gasteiger partial charge in [-0.1, -0.05) is 0 Å². The third kappa shape index (κ3) is 3.49. The van der Waals surface area contributed by atoms with Crippen LogP contribution in [0.1, 0.15) is 24.5 Å². The summed E-state index contributed by atoms with van der Waals surface area (Å²) in [6.45, 7) is 1.67. The van der Waals surface area contributed by atoms with Crippen molar-refractivity contribution in [1.29, 1.82) is 0 Å². The molecule has 0 saturated carbocycles. The van der Waals surface area contributed by atoms with Gasteiger partial charge in [-0.25, -0.2) is 0 Å². The van der Waals surface area contributed by atoms with E-state index in [1.165, 1.54) is 12.1 Å². The molecule has 0 amide bonds. The summed E-state index contributed by atoms with van der Waals surface area (Å²) in [5, 5.41) is 35.5. The Balaban J connectivity index is 1.76. The second kappa shape index (κ2) is 7.48. The number of aliphatic hydroxyl groups is 1. The smallest absolute Gasteiger partial charge is 0.299 e. The van der Waals surface area contributed by atoms with Gasteiger partial charge in [0, 0.05) is 37.0 Å². The Morgan fingerprint density at radius 1 is 1.15 bits per heavy atom. The van der Waals surface area contributed by atoms with Crippen LogP contribution in [0.2, 0.25) is 0 Å². The summed E-state index contributed by atoms with van der Waals surface area (Å²) in [5.41, 5.74) is 0.922. The van der Waals surface area contributed by atoms with Gasteiger partial charge in [-0.15, -0.1) is 0 Å². The van der Waals surface area contributed by atoms with Crippen LogP contribution in [0.5, 0.6) is 0 Å². The van der Waals surface area contributed by atoms with Crippen LogP contribution < -0.4 is 4.90 Å². The predicted octanol–water partition coefficient (Wildman–Crippen LogP) is 2.08. The van der Waals surface area contributed by atoms with Gasteiger partial charge in [0.1, 0.15) is 5.69 Å². The SMILES string of the molecule is O=[N+]([O-])c1ccc(N2CCC(c3ccnn3CCO)CC2)c([N+](=O)[O-])c1. The minimum Gasteiger partial charge on any atom is -0.394 e. The highest BCUT2D eigenvalue weighted by Crippen LogP contribution is 2.36. The van der Waals surface area contributed by atoms with Gasteiger partial charge in [-0.2, -0.15) is 5.10 Å². The molecule has 1 aliphatic heterocycles. The maximum absolute atomic E-state index is 11.3. The zero-order chi connectivity index (χ0) is 18.7. The first-order chi connectivity index (χ1) is 12.5. The summed E-state index contributed by atoms with van der Waals surface area (Å²) in [7, 11) is 0. The second-order valence-electron chi connectivity index (χ2n) is 6.15. The number of nitrogens with zero attached hydrogens (tertiary/aromatic N) is 5. The number of aromatic nitrogens is 2. The van der Waals surface area contributed by atoms with E-state index in [0.29, 0.717) is 25.3 Å². The molecule has 1 aromatic heterocycles. The van der Waals surface area contributed by atoms with Gasteiger partial charge in [-0.3, -0.25) is 24.9 Å². The summed E-state index contributed by atoms with van der Waals surface area (Å²) in [4.78, 5) is 22.9. The number of benzene rings is 1. The summed E-state index contributed by atoms with van der Waals surface area (Å²) in [6.07, 6.45) is 3.27. The first-order valence-corrected chi connectivity index (χ1v) is 8.31. The van der Waals surface area contributed by atoms with Crippen molar-refractivity contribution < 1.29 is 15.0 Å². The molecule has 10 heteroatoms. The van der Waals surface area contributed by atoms with E-state index in [2.05, 4.69) is 5.10 Å². The monoisotopic (exact) mass is 361 g/mol. The molecular formula is C16H19N5O5. The molecule has 1 aromatic carbocycles. The van der Waals surface area contributed by atoms with Gasteiger partial charge in [-0.05, 0) is 25.0 Å². The Bertz CT molecular complexity index is 813. The number of non-ortho nitro benzene ring substituents is 1. The molecule has 0 aliphatic carbocycles. The van der Waals surface area contributed by atoms with Crippen molar-refractivity contribution in [3.8, 4) is 0 Å². The van der Waals surface area contributed by atoms with Crippen LogP contribution in [-0.2, 0) is 6.54 Å². The van der Waals surface area contributed by atoms with Crippen molar-refractivity contribution in [3.63, 3.8) is 0 Å². The van der Waals surface area contributed by atoms with Crippen molar-refractivity contribution in [2.75, 3.05) is 24.6 Å². The summed E-state index contributed by atoms with van der Waals surface area (Å²) >= 11 is 0. The number of nitro benzene ring substituents is 2. The van der Waals surface area contributed by atoms with E-state index >= 15 is 0 Å². The zero-order valence-corrected chi connectivity index (χ0v) is 14.0. The van der Waals surface area contributed by atoms with Crippen molar-refractivity contribution in [3.05, 3.63) is 56.4 Å². The second-order valence-corrected chi connectivity index (χ2v) is 6.15. The van der Waals surface area contributed by atoms with E-state index in [4.69, 9.17) is 5.11 Å². The molecule has 1 N–H and O–H groups in total. The highest BCUT2D eigenvalue weighted by molar-refractivity contribution is 5.67. The number of piperidine rings is 1. The van der Waals surface area contributed by atoms with Crippen molar-refractivity contribution in [2.45, 2.75) is 25.3 Å². The quantitative estimate of drug-likeness (QED) is 0.616. The molecule has 1 aliphatic rings. The zero-order valence-electron chi connectivity index (χ0n) is 14.0. The third-order valence-corrected chi connectivity index (χ3v) is 4.68. The fraction of sp³-hybridized carbons (Fsp3) is 0.438. The fourth-order valence-electron chi connectivity index (χ4n) is 3.43. The lowest BCUT2D eigenvalue weighted by Gasteiger charge is -2.33. The maximum Gasteiger partial charge on any atom is 0.299 e. The molecule has 26 heavy (non-hydrogen) atoms. The van der Waals surface area contributed by atoms with Gasteiger partial charge in [0.05, 0.1) is 29.1 Å². The molecule has 3 rings (SSSR count). The Morgan fingerprint density at radius 3 is 2.50 bits per heavy atom. The van der Waals surface area contributed by atoms with Gasteiger partial charge >= 0.3 is 0 Å². The topological polar surface area (TPSA) is 128 Å². The average molecular weight is 361 g/mol. The molecule has 2 aromatic rings. The van der Waals surface area contributed by atoms with Crippen LogP contribution >= 0.6 is 0 Å². The van der Waals surface area contributed by atoms with Crippen LogP contribution in [0.25, 0.3) is 0 Å². The van der Waals surface area contributed by atoms with Crippen LogP contribution in [0.3, 0.4) is 0 Å². The Kier molecular flexibility index (Phi) is 5.12. The highest BCUT2D eigenvalue weighted by atomic mass is 16.6. The van der Waals surface area contributed by atoms with Gasteiger partial charge in [0.25, 0.3) is 11.4 Å². The molecule has 0 radical (unpaired) electrons. The molecule has 1 saturated heterocycles. The molecular weight excluding hydrogens is 342 g/mol. The maximum atomic E-state index is 11.3. The van der Waals surface area contributed by atoms with Crippen molar-refractivity contribution in [1.82, 2.24) is 9.78 Å². The molecule has 138 valence electrons.